The summed E-state index contributed by atoms with van der Waals surface area (Å²) in [6, 6.07) is 9.76. The van der Waals surface area contributed by atoms with Crippen LogP contribution >= 0.6 is 0 Å². The molecule has 0 saturated carbocycles. The molecular weight excluding hydrogens is 292 g/mol. The molecule has 0 aliphatic carbocycles. The molecule has 5 nitrogen and oxygen atoms in total. The lowest BCUT2D eigenvalue weighted by Crippen LogP contribution is -2.27. The van der Waals surface area contributed by atoms with E-state index in [-0.39, 0.29) is 25.1 Å². The fourth-order valence-corrected chi connectivity index (χ4v) is 2.45. The van der Waals surface area contributed by atoms with E-state index in [1.807, 2.05) is 31.2 Å². The number of hydrogen-bond donors (Lipinski definition) is 3. The molecule has 1 atom stereocenters. The number of furan rings is 1. The fraction of sp³-hybridized carbons (Fsp3) is 0.389. The number of aryl methyl sites for hydroxylation is 1. The lowest BCUT2D eigenvalue weighted by Gasteiger charge is -2.18. The number of anilines is 1. The normalized spacial score (nSPS) is 12.0. The number of benzene rings is 1. The Balaban J connectivity index is 1.97. The summed E-state index contributed by atoms with van der Waals surface area (Å²) in [5.74, 6) is 0.816. The van der Waals surface area contributed by atoms with Crippen molar-refractivity contribution in [3.8, 4) is 0 Å². The van der Waals surface area contributed by atoms with Crippen LogP contribution in [0.4, 0.5) is 5.69 Å². The van der Waals surface area contributed by atoms with Gasteiger partial charge in [-0.05, 0) is 50.1 Å². The summed E-state index contributed by atoms with van der Waals surface area (Å²) < 4.78 is 5.34. The summed E-state index contributed by atoms with van der Waals surface area (Å²) >= 11 is 0. The maximum absolute atomic E-state index is 12.1. The Bertz CT molecular complexity index is 623. The summed E-state index contributed by atoms with van der Waals surface area (Å²) in [4.78, 5) is 12.1. The number of nitrogens with one attached hydrogen (secondary N) is 2. The molecule has 0 radical (unpaired) electrons. The van der Waals surface area contributed by atoms with Crippen molar-refractivity contribution < 1.29 is 14.3 Å². The maximum atomic E-state index is 12.1. The van der Waals surface area contributed by atoms with Gasteiger partial charge in [0, 0.05) is 30.3 Å². The van der Waals surface area contributed by atoms with Gasteiger partial charge >= 0.3 is 0 Å². The van der Waals surface area contributed by atoms with E-state index in [1.54, 1.807) is 12.3 Å². The summed E-state index contributed by atoms with van der Waals surface area (Å²) in [5.41, 5.74) is 2.49. The Hall–Kier alpha value is -2.27. The van der Waals surface area contributed by atoms with Crippen LogP contribution in [0.15, 0.2) is 41.0 Å². The molecule has 2 aromatic rings. The smallest absolute Gasteiger partial charge is 0.251 e. The van der Waals surface area contributed by atoms with Crippen LogP contribution in [0, 0.1) is 6.92 Å². The first-order valence-electron chi connectivity index (χ1n) is 7.89. The van der Waals surface area contributed by atoms with Gasteiger partial charge < -0.3 is 20.2 Å². The topological polar surface area (TPSA) is 74.5 Å². The standard InChI is InChI=1S/C18H24N2O3/c1-13(8-9-15-5-4-12-23-15)20-17-7-3-6-16(14(17)2)18(22)19-10-11-21/h3-7,12-13,20-21H,8-11H2,1-2H3,(H,19,22). The second kappa shape index (κ2) is 8.39. The summed E-state index contributed by atoms with van der Waals surface area (Å²) in [6.45, 7) is 4.23. The molecule has 0 aliphatic rings. The van der Waals surface area contributed by atoms with Crippen LogP contribution in [0.25, 0.3) is 0 Å². The van der Waals surface area contributed by atoms with Crippen LogP contribution in [-0.2, 0) is 6.42 Å². The zero-order valence-corrected chi connectivity index (χ0v) is 13.6. The van der Waals surface area contributed by atoms with Crippen molar-refractivity contribution in [1.82, 2.24) is 5.32 Å². The van der Waals surface area contributed by atoms with Gasteiger partial charge in [0.25, 0.3) is 5.91 Å². The predicted molar refractivity (Wildman–Crippen MR) is 90.7 cm³/mol. The highest BCUT2D eigenvalue weighted by Crippen LogP contribution is 2.21. The molecule has 0 saturated heterocycles. The van der Waals surface area contributed by atoms with E-state index in [4.69, 9.17) is 9.52 Å². The molecule has 2 rings (SSSR count). The lowest BCUT2D eigenvalue weighted by molar-refractivity contribution is 0.0944. The van der Waals surface area contributed by atoms with Gasteiger partial charge in [0.2, 0.25) is 0 Å². The monoisotopic (exact) mass is 316 g/mol. The molecule has 0 aliphatic heterocycles. The molecule has 3 N–H and O–H groups in total. The van der Waals surface area contributed by atoms with Crippen LogP contribution in [0.5, 0.6) is 0 Å². The molecular formula is C18H24N2O3. The van der Waals surface area contributed by atoms with E-state index in [0.29, 0.717) is 5.56 Å². The Morgan fingerprint density at radius 2 is 2.13 bits per heavy atom. The summed E-state index contributed by atoms with van der Waals surface area (Å²) in [6.07, 6.45) is 3.50. The van der Waals surface area contributed by atoms with Crippen molar-refractivity contribution in [2.24, 2.45) is 0 Å². The van der Waals surface area contributed by atoms with E-state index in [0.717, 1.165) is 29.9 Å². The number of hydrogen-bond acceptors (Lipinski definition) is 4. The number of aliphatic hydroxyl groups excluding tert-OH is 1. The first-order valence-corrected chi connectivity index (χ1v) is 7.89. The van der Waals surface area contributed by atoms with Gasteiger partial charge in [-0.15, -0.1) is 0 Å². The average molecular weight is 316 g/mol. The second-order valence-electron chi connectivity index (χ2n) is 5.62. The Morgan fingerprint density at radius 1 is 1.30 bits per heavy atom. The highest BCUT2D eigenvalue weighted by molar-refractivity contribution is 5.97. The van der Waals surface area contributed by atoms with Crippen molar-refractivity contribution in [3.05, 3.63) is 53.5 Å². The Labute approximate surface area is 136 Å². The van der Waals surface area contributed by atoms with E-state index in [2.05, 4.69) is 17.6 Å². The van der Waals surface area contributed by atoms with Gasteiger partial charge in [-0.1, -0.05) is 6.07 Å². The van der Waals surface area contributed by atoms with Gasteiger partial charge in [0.15, 0.2) is 0 Å². The SMILES string of the molecule is Cc1c(NC(C)CCc2ccco2)cccc1C(=O)NCCO. The molecule has 0 bridgehead atoms. The van der Waals surface area contributed by atoms with Crippen molar-refractivity contribution >= 4 is 11.6 Å². The molecule has 124 valence electrons. The number of amides is 1. The van der Waals surface area contributed by atoms with Crippen LogP contribution in [-0.4, -0.2) is 30.2 Å². The van der Waals surface area contributed by atoms with Crippen molar-refractivity contribution in [3.63, 3.8) is 0 Å². The largest absolute Gasteiger partial charge is 0.469 e. The van der Waals surface area contributed by atoms with Crippen LogP contribution in [0.2, 0.25) is 0 Å². The molecule has 1 aromatic carbocycles. The van der Waals surface area contributed by atoms with E-state index >= 15 is 0 Å². The van der Waals surface area contributed by atoms with Crippen LogP contribution in [0.3, 0.4) is 0 Å². The van der Waals surface area contributed by atoms with Gasteiger partial charge in [0.1, 0.15) is 5.76 Å². The predicted octanol–water partition coefficient (Wildman–Crippen LogP) is 2.74. The molecule has 5 heteroatoms. The molecule has 1 heterocycles. The minimum Gasteiger partial charge on any atom is -0.469 e. The molecule has 0 spiro atoms. The zero-order valence-electron chi connectivity index (χ0n) is 13.6. The van der Waals surface area contributed by atoms with Gasteiger partial charge in [-0.25, -0.2) is 0 Å². The van der Waals surface area contributed by atoms with Crippen LogP contribution in [0.1, 0.15) is 35.0 Å². The highest BCUT2D eigenvalue weighted by Gasteiger charge is 2.12. The van der Waals surface area contributed by atoms with Gasteiger partial charge in [-0.3, -0.25) is 4.79 Å². The Kier molecular flexibility index (Phi) is 6.23. The van der Waals surface area contributed by atoms with Crippen LogP contribution < -0.4 is 10.6 Å². The molecule has 23 heavy (non-hydrogen) atoms. The number of carbonyl (C=O) groups is 1. The molecule has 0 fully saturated rings. The van der Waals surface area contributed by atoms with E-state index in [1.165, 1.54) is 0 Å². The maximum Gasteiger partial charge on any atom is 0.251 e. The highest BCUT2D eigenvalue weighted by atomic mass is 16.3. The third-order valence-electron chi connectivity index (χ3n) is 3.78. The minimum atomic E-state index is -0.163. The summed E-state index contributed by atoms with van der Waals surface area (Å²) in [5, 5.41) is 14.9. The molecule has 1 amide bonds. The first kappa shape index (κ1) is 17.1. The lowest BCUT2D eigenvalue weighted by atomic mass is 10.0. The van der Waals surface area contributed by atoms with Crippen molar-refractivity contribution in [2.45, 2.75) is 32.7 Å². The number of rotatable bonds is 8. The van der Waals surface area contributed by atoms with E-state index < -0.39 is 0 Å². The second-order valence-corrected chi connectivity index (χ2v) is 5.62. The molecule has 1 aromatic heterocycles. The quantitative estimate of drug-likeness (QED) is 0.700. The third-order valence-corrected chi connectivity index (χ3v) is 3.78. The van der Waals surface area contributed by atoms with Gasteiger partial charge in [0.05, 0.1) is 12.9 Å². The van der Waals surface area contributed by atoms with Gasteiger partial charge in [-0.2, -0.15) is 0 Å². The molecule has 1 unspecified atom stereocenters. The zero-order chi connectivity index (χ0) is 16.7. The fourth-order valence-electron chi connectivity index (χ4n) is 2.45. The number of carbonyl (C=O) groups excluding carboxylic acids is 1. The first-order chi connectivity index (χ1) is 11.1. The van der Waals surface area contributed by atoms with Crippen molar-refractivity contribution in [2.75, 3.05) is 18.5 Å². The Morgan fingerprint density at radius 3 is 2.83 bits per heavy atom. The van der Waals surface area contributed by atoms with E-state index in [9.17, 15) is 4.79 Å². The minimum absolute atomic E-state index is 0.0630. The van der Waals surface area contributed by atoms with Crippen molar-refractivity contribution in [1.29, 1.82) is 0 Å². The number of aliphatic hydroxyl groups is 1. The average Bonchev–Trinajstić information content (AvgIpc) is 3.06. The summed E-state index contributed by atoms with van der Waals surface area (Å²) in [7, 11) is 0. The third kappa shape index (κ3) is 4.86.